The van der Waals surface area contributed by atoms with Gasteiger partial charge in [0.1, 0.15) is 8.07 Å². The van der Waals surface area contributed by atoms with Crippen molar-refractivity contribution in [2.45, 2.75) is 24.6 Å². The number of fused-ring (bicyclic) bond motifs is 6. The van der Waals surface area contributed by atoms with Crippen molar-refractivity contribution in [3.63, 3.8) is 0 Å². The van der Waals surface area contributed by atoms with E-state index in [1.54, 1.807) is 0 Å². The van der Waals surface area contributed by atoms with Gasteiger partial charge in [-0.2, -0.15) is 0 Å². The summed E-state index contributed by atoms with van der Waals surface area (Å²) < 4.78 is 6.44. The molecule has 4 nitrogen and oxygen atoms in total. The van der Waals surface area contributed by atoms with E-state index in [0.29, 0.717) is 11.4 Å². The molecule has 176 valence electrons. The van der Waals surface area contributed by atoms with E-state index in [4.69, 9.17) is 16.3 Å². The van der Waals surface area contributed by atoms with Crippen LogP contribution in [0.2, 0.25) is 12.6 Å². The van der Waals surface area contributed by atoms with Gasteiger partial charge >= 0.3 is 5.97 Å². The number of alkyl halides is 1. The second-order valence-corrected chi connectivity index (χ2v) is 14.6. The largest absolute Gasteiger partial charge is 0.441 e. The Bertz CT molecular complexity index is 1230. The average Bonchev–Trinajstić information content (AvgIpc) is 3.14. The van der Waals surface area contributed by atoms with Gasteiger partial charge in [-0.05, 0) is 53.2 Å². The van der Waals surface area contributed by atoms with Gasteiger partial charge in [-0.15, -0.1) is 11.6 Å². The van der Waals surface area contributed by atoms with Gasteiger partial charge in [0.05, 0.1) is 5.56 Å². The lowest BCUT2D eigenvalue weighted by Crippen LogP contribution is -2.65. The van der Waals surface area contributed by atoms with Crippen LogP contribution in [0.5, 0.6) is 0 Å². The standard InChI is InChI=1S/C28H31ClN2O2Si/c1-30(2)19-11-13-23-25(17-19)34(5,16-8-15-29)26-18-20(31(3)4)12-14-24(26)28(23)22-10-7-6-9-21(22)27(32)33-28/h6-7,9-14,17-18H,8,15-16H2,1-5H3. The van der Waals surface area contributed by atoms with Crippen molar-refractivity contribution in [1.29, 1.82) is 0 Å². The van der Waals surface area contributed by atoms with Crippen molar-refractivity contribution in [2.75, 3.05) is 43.9 Å². The van der Waals surface area contributed by atoms with Crippen LogP contribution in [0, 0.1) is 0 Å². The van der Waals surface area contributed by atoms with Gasteiger partial charge < -0.3 is 14.5 Å². The topological polar surface area (TPSA) is 32.8 Å². The van der Waals surface area contributed by atoms with Gasteiger partial charge in [-0.3, -0.25) is 0 Å². The molecule has 2 aliphatic rings. The van der Waals surface area contributed by atoms with E-state index in [9.17, 15) is 4.79 Å². The van der Waals surface area contributed by atoms with Gasteiger partial charge in [-0.25, -0.2) is 4.79 Å². The van der Waals surface area contributed by atoms with Crippen LogP contribution in [-0.2, 0) is 10.3 Å². The highest BCUT2D eigenvalue weighted by atomic mass is 35.5. The smallest absolute Gasteiger partial charge is 0.340 e. The molecule has 3 aromatic carbocycles. The number of benzene rings is 3. The van der Waals surface area contributed by atoms with Crippen molar-refractivity contribution >= 4 is 47.4 Å². The highest BCUT2D eigenvalue weighted by Gasteiger charge is 2.56. The molecule has 0 radical (unpaired) electrons. The number of carbonyl (C=O) groups is 1. The fourth-order valence-electron chi connectivity index (χ4n) is 5.74. The molecule has 0 aliphatic carbocycles. The van der Waals surface area contributed by atoms with Gasteiger partial charge in [0.2, 0.25) is 0 Å². The first-order valence-electron chi connectivity index (χ1n) is 11.8. The third-order valence-corrected chi connectivity index (χ3v) is 12.4. The number of hydrogen-bond acceptors (Lipinski definition) is 4. The Hall–Kier alpha value is -2.76. The summed E-state index contributed by atoms with van der Waals surface area (Å²) in [5.74, 6) is 0.378. The zero-order valence-corrected chi connectivity index (χ0v) is 22.2. The van der Waals surface area contributed by atoms with E-state index in [0.717, 1.165) is 40.5 Å². The summed E-state index contributed by atoms with van der Waals surface area (Å²) in [6, 6.07) is 22.2. The summed E-state index contributed by atoms with van der Waals surface area (Å²) >= 11 is 6.24. The molecule has 1 spiro atoms. The molecule has 0 fully saturated rings. The zero-order chi connectivity index (χ0) is 24.3. The van der Waals surface area contributed by atoms with Crippen molar-refractivity contribution < 1.29 is 9.53 Å². The normalized spacial score (nSPS) is 22.1. The summed E-state index contributed by atoms with van der Waals surface area (Å²) in [6.07, 6.45) is 0.949. The number of esters is 1. The number of ether oxygens (including phenoxy) is 1. The van der Waals surface area contributed by atoms with Crippen LogP contribution in [-0.4, -0.2) is 48.1 Å². The van der Waals surface area contributed by atoms with Gasteiger partial charge in [0.25, 0.3) is 0 Å². The van der Waals surface area contributed by atoms with Crippen molar-refractivity contribution in [3.8, 4) is 0 Å². The van der Waals surface area contributed by atoms with E-state index >= 15 is 0 Å². The van der Waals surface area contributed by atoms with Crippen molar-refractivity contribution in [2.24, 2.45) is 0 Å². The summed E-state index contributed by atoms with van der Waals surface area (Å²) in [4.78, 5) is 17.5. The molecule has 0 atom stereocenters. The SMILES string of the molecule is CN(C)c1ccc2c(c1)[Si](C)(CCCCl)c1cc(N(C)C)ccc1C21OC(=O)c2ccccc21. The number of hydrogen-bond donors (Lipinski definition) is 0. The Balaban J connectivity index is 1.91. The van der Waals surface area contributed by atoms with Crippen LogP contribution in [0.25, 0.3) is 0 Å². The molecular weight excluding hydrogens is 460 g/mol. The van der Waals surface area contributed by atoms with Crippen LogP contribution in [0.3, 0.4) is 0 Å². The van der Waals surface area contributed by atoms with Gasteiger partial charge in [-0.1, -0.05) is 36.9 Å². The second-order valence-electron chi connectivity index (χ2n) is 9.99. The molecule has 34 heavy (non-hydrogen) atoms. The van der Waals surface area contributed by atoms with Gasteiger partial charge in [0.15, 0.2) is 5.60 Å². The molecule has 0 amide bonds. The number of halogens is 1. The maximum atomic E-state index is 13.2. The Morgan fingerprint density at radius 1 is 0.853 bits per heavy atom. The van der Waals surface area contributed by atoms with Crippen LogP contribution in [0.1, 0.15) is 33.5 Å². The van der Waals surface area contributed by atoms with Crippen LogP contribution >= 0.6 is 11.6 Å². The minimum atomic E-state index is -2.22. The minimum absolute atomic E-state index is 0.257. The Morgan fingerprint density at radius 2 is 1.41 bits per heavy atom. The Labute approximate surface area is 208 Å². The molecule has 6 heteroatoms. The fourth-order valence-corrected chi connectivity index (χ4v) is 10.5. The first-order valence-corrected chi connectivity index (χ1v) is 15.0. The molecule has 2 heterocycles. The predicted molar refractivity (Wildman–Crippen MR) is 144 cm³/mol. The molecule has 3 aromatic rings. The number of carbonyl (C=O) groups excluding carboxylic acids is 1. The summed E-state index contributed by atoms with van der Waals surface area (Å²) in [6.45, 7) is 2.45. The molecule has 5 rings (SSSR count). The molecule has 0 aromatic heterocycles. The lowest BCUT2D eigenvalue weighted by atomic mass is 9.79. The molecule has 2 aliphatic heterocycles. The first-order chi connectivity index (χ1) is 16.2. The fraction of sp³-hybridized carbons (Fsp3) is 0.321. The number of nitrogens with zero attached hydrogens (tertiary/aromatic N) is 2. The van der Waals surface area contributed by atoms with Gasteiger partial charge in [0, 0.05) is 62.1 Å². The maximum absolute atomic E-state index is 13.2. The lowest BCUT2D eigenvalue weighted by molar-refractivity contribution is 0.0255. The molecule has 0 saturated heterocycles. The van der Waals surface area contributed by atoms with Crippen LogP contribution in [0.4, 0.5) is 11.4 Å². The van der Waals surface area contributed by atoms with Crippen LogP contribution in [0.15, 0.2) is 60.7 Å². The second kappa shape index (κ2) is 8.17. The molecule has 0 bridgehead atoms. The predicted octanol–water partition coefficient (Wildman–Crippen LogP) is 4.42. The summed E-state index contributed by atoms with van der Waals surface area (Å²) in [5, 5.41) is 2.66. The Morgan fingerprint density at radius 3 is 1.94 bits per heavy atom. The first kappa shape index (κ1) is 23.0. The number of anilines is 2. The van der Waals surface area contributed by atoms with E-state index in [-0.39, 0.29) is 5.97 Å². The maximum Gasteiger partial charge on any atom is 0.340 e. The molecule has 0 saturated carbocycles. The zero-order valence-electron chi connectivity index (χ0n) is 20.5. The minimum Gasteiger partial charge on any atom is -0.441 e. The van der Waals surface area contributed by atoms with E-state index in [1.807, 2.05) is 18.2 Å². The number of rotatable bonds is 5. The third kappa shape index (κ3) is 3.13. The summed E-state index contributed by atoms with van der Waals surface area (Å²) in [5.41, 5.74) is 5.17. The van der Waals surface area contributed by atoms with Crippen LogP contribution < -0.4 is 20.2 Å². The summed E-state index contributed by atoms with van der Waals surface area (Å²) in [7, 11) is 6.06. The Kier molecular flexibility index (Phi) is 5.53. The highest BCUT2D eigenvalue weighted by molar-refractivity contribution is 7.02. The van der Waals surface area contributed by atoms with E-state index in [1.165, 1.54) is 10.4 Å². The van der Waals surface area contributed by atoms with Crippen molar-refractivity contribution in [3.05, 3.63) is 82.9 Å². The monoisotopic (exact) mass is 490 g/mol. The average molecular weight is 491 g/mol. The lowest BCUT2D eigenvalue weighted by Gasteiger charge is -2.45. The highest BCUT2D eigenvalue weighted by Crippen LogP contribution is 2.49. The van der Waals surface area contributed by atoms with E-state index in [2.05, 4.69) is 87.0 Å². The quantitative estimate of drug-likeness (QED) is 0.301. The van der Waals surface area contributed by atoms with E-state index < -0.39 is 13.7 Å². The molecule has 0 unspecified atom stereocenters. The molecule has 0 N–H and O–H groups in total. The molecular formula is C28H31ClN2O2Si. The third-order valence-electron chi connectivity index (χ3n) is 7.57. The van der Waals surface area contributed by atoms with Crippen molar-refractivity contribution in [1.82, 2.24) is 0 Å².